The van der Waals surface area contributed by atoms with Crippen molar-refractivity contribution in [3.05, 3.63) is 0 Å². The summed E-state index contributed by atoms with van der Waals surface area (Å²) >= 11 is 3.64. The van der Waals surface area contributed by atoms with Crippen molar-refractivity contribution in [1.82, 2.24) is 5.48 Å². The first kappa shape index (κ1) is 9.29. The zero-order chi connectivity index (χ0) is 7.98. The third kappa shape index (κ3) is 4.20. The van der Waals surface area contributed by atoms with Crippen LogP contribution in [-0.2, 0) is 14.4 Å². The summed E-state index contributed by atoms with van der Waals surface area (Å²) in [5, 5.41) is 0. The van der Waals surface area contributed by atoms with Crippen LogP contribution in [0, 0.1) is 0 Å². The fourth-order valence-electron chi connectivity index (χ4n) is 0.218. The maximum absolute atomic E-state index is 10.4. The van der Waals surface area contributed by atoms with Gasteiger partial charge in [0.15, 0.2) is 0 Å². The first-order valence-corrected chi connectivity index (χ1v) is 3.43. The van der Waals surface area contributed by atoms with Crippen molar-refractivity contribution in [1.29, 1.82) is 0 Å². The molecule has 0 aromatic heterocycles. The molecule has 0 radical (unpaired) electrons. The molecule has 0 spiro atoms. The van der Waals surface area contributed by atoms with Crippen LogP contribution in [0.2, 0.25) is 0 Å². The van der Waals surface area contributed by atoms with Gasteiger partial charge in [-0.05, 0) is 0 Å². The Bertz CT molecular complexity index is 121. The second kappa shape index (κ2) is 5.10. The van der Waals surface area contributed by atoms with Crippen LogP contribution in [0.5, 0.6) is 0 Å². The number of carbonyl (C=O) groups is 2. The number of thiol groups is 1. The lowest BCUT2D eigenvalue weighted by molar-refractivity contribution is -0.157. The van der Waals surface area contributed by atoms with Crippen LogP contribution in [0.1, 0.15) is 13.3 Å². The fourth-order valence-corrected chi connectivity index (χ4v) is 0.283. The maximum atomic E-state index is 10.4. The van der Waals surface area contributed by atoms with E-state index in [0.29, 0.717) is 0 Å². The predicted octanol–water partition coefficient (Wildman–Crippen LogP) is -0.0994. The zero-order valence-corrected chi connectivity index (χ0v) is 6.48. The van der Waals surface area contributed by atoms with Gasteiger partial charge in [0, 0.05) is 6.42 Å². The summed E-state index contributed by atoms with van der Waals surface area (Å²) < 4.78 is 0. The molecule has 0 rings (SSSR count). The average molecular weight is 163 g/mol. The van der Waals surface area contributed by atoms with Crippen molar-refractivity contribution in [3.63, 3.8) is 0 Å². The van der Waals surface area contributed by atoms with Crippen molar-refractivity contribution in [2.24, 2.45) is 0 Å². The molecule has 5 heteroatoms. The molecule has 0 aromatic carbocycles. The summed E-state index contributed by atoms with van der Waals surface area (Å²) in [5.41, 5.74) is 1.92. The van der Waals surface area contributed by atoms with E-state index in [1.54, 1.807) is 6.92 Å². The molecule has 0 aliphatic heterocycles. The molecule has 58 valence electrons. The highest BCUT2D eigenvalue weighted by Crippen LogP contribution is 1.80. The van der Waals surface area contributed by atoms with Crippen LogP contribution in [0.15, 0.2) is 0 Å². The Morgan fingerprint density at radius 2 is 2.20 bits per heavy atom. The minimum atomic E-state index is -0.463. The van der Waals surface area contributed by atoms with Gasteiger partial charge in [0.2, 0.25) is 0 Å². The third-order valence-corrected chi connectivity index (χ3v) is 0.998. The van der Waals surface area contributed by atoms with E-state index < -0.39 is 11.9 Å². The monoisotopic (exact) mass is 163 g/mol. The van der Waals surface area contributed by atoms with E-state index in [-0.39, 0.29) is 12.2 Å². The standard InChI is InChI=1S/C5H9NO3S/c1-2-5(8)9-6-4(7)3-10/h10H,2-3H2,1H3,(H,6,7). The second-order valence-corrected chi connectivity index (χ2v) is 1.83. The van der Waals surface area contributed by atoms with Crippen molar-refractivity contribution < 1.29 is 14.4 Å². The van der Waals surface area contributed by atoms with Crippen molar-refractivity contribution in [2.75, 3.05) is 5.75 Å². The van der Waals surface area contributed by atoms with E-state index in [0.717, 1.165) is 0 Å². The van der Waals surface area contributed by atoms with Crippen LogP contribution in [-0.4, -0.2) is 17.6 Å². The number of hydrogen-bond acceptors (Lipinski definition) is 4. The molecule has 0 fully saturated rings. The van der Waals surface area contributed by atoms with Crippen molar-refractivity contribution >= 4 is 24.5 Å². The van der Waals surface area contributed by atoms with E-state index in [4.69, 9.17) is 0 Å². The first-order chi connectivity index (χ1) is 4.70. The number of nitrogens with one attached hydrogen (secondary N) is 1. The smallest absolute Gasteiger partial charge is 0.331 e. The molecule has 0 heterocycles. The third-order valence-electron chi connectivity index (χ3n) is 0.711. The topological polar surface area (TPSA) is 55.4 Å². The molecule has 0 aromatic rings. The molecule has 0 saturated heterocycles. The molecule has 1 amide bonds. The Balaban J connectivity index is 3.35. The van der Waals surface area contributed by atoms with Crippen molar-refractivity contribution in [3.8, 4) is 0 Å². The lowest BCUT2D eigenvalue weighted by Gasteiger charge is -2.00. The van der Waals surface area contributed by atoms with E-state index in [9.17, 15) is 9.59 Å². The Labute approximate surface area is 64.3 Å². The Kier molecular flexibility index (Phi) is 4.74. The highest BCUT2D eigenvalue weighted by molar-refractivity contribution is 7.81. The second-order valence-electron chi connectivity index (χ2n) is 1.51. The molecule has 4 nitrogen and oxygen atoms in total. The number of hydrogen-bond donors (Lipinski definition) is 2. The minimum absolute atomic E-state index is 0.0109. The molecule has 0 unspecified atom stereocenters. The van der Waals surface area contributed by atoms with Gasteiger partial charge in [-0.2, -0.15) is 18.1 Å². The van der Waals surface area contributed by atoms with Crippen LogP contribution in [0.3, 0.4) is 0 Å². The number of hydroxylamine groups is 1. The average Bonchev–Trinajstić information content (AvgIpc) is 1.99. The van der Waals surface area contributed by atoms with Gasteiger partial charge in [-0.1, -0.05) is 6.92 Å². The van der Waals surface area contributed by atoms with Crippen LogP contribution < -0.4 is 5.48 Å². The quantitative estimate of drug-likeness (QED) is 0.441. The van der Waals surface area contributed by atoms with Gasteiger partial charge in [0.05, 0.1) is 5.75 Å². The molecule has 0 atom stereocenters. The van der Waals surface area contributed by atoms with Gasteiger partial charge in [0.1, 0.15) is 0 Å². The van der Waals surface area contributed by atoms with Crippen molar-refractivity contribution in [2.45, 2.75) is 13.3 Å². The number of rotatable bonds is 2. The Morgan fingerprint density at radius 3 is 2.60 bits per heavy atom. The summed E-state index contributed by atoms with van der Waals surface area (Å²) in [6.45, 7) is 1.63. The minimum Gasteiger partial charge on any atom is -0.341 e. The van der Waals surface area contributed by atoms with E-state index in [1.165, 1.54) is 0 Å². The summed E-state index contributed by atoms with van der Waals surface area (Å²) in [4.78, 5) is 25.0. The summed E-state index contributed by atoms with van der Waals surface area (Å²) in [5.74, 6) is -0.878. The Morgan fingerprint density at radius 1 is 1.60 bits per heavy atom. The number of carbonyl (C=O) groups excluding carboxylic acids is 2. The lowest BCUT2D eigenvalue weighted by atomic mass is 10.5. The van der Waals surface area contributed by atoms with E-state index in [1.807, 2.05) is 5.48 Å². The highest BCUT2D eigenvalue weighted by Gasteiger charge is 2.00. The molecule has 10 heavy (non-hydrogen) atoms. The molecule has 0 saturated carbocycles. The molecule has 0 aliphatic rings. The molecule has 1 N–H and O–H groups in total. The summed E-state index contributed by atoms with van der Waals surface area (Å²) in [6, 6.07) is 0. The van der Waals surface area contributed by atoms with Crippen LogP contribution in [0.4, 0.5) is 0 Å². The molecular formula is C5H9NO3S. The maximum Gasteiger partial charge on any atom is 0.331 e. The lowest BCUT2D eigenvalue weighted by Crippen LogP contribution is -2.27. The van der Waals surface area contributed by atoms with Crippen LogP contribution >= 0.6 is 12.6 Å². The first-order valence-electron chi connectivity index (χ1n) is 2.80. The van der Waals surface area contributed by atoms with Gasteiger partial charge < -0.3 is 4.84 Å². The van der Waals surface area contributed by atoms with Gasteiger partial charge in [0.25, 0.3) is 5.91 Å². The fraction of sp³-hybridized carbons (Fsp3) is 0.600. The van der Waals surface area contributed by atoms with Gasteiger partial charge >= 0.3 is 5.97 Å². The zero-order valence-electron chi connectivity index (χ0n) is 5.59. The molecule has 0 aliphatic carbocycles. The van der Waals surface area contributed by atoms with E-state index >= 15 is 0 Å². The normalized spacial score (nSPS) is 8.60. The molecule has 0 bridgehead atoms. The Hall–Kier alpha value is -0.710. The van der Waals surface area contributed by atoms with Gasteiger partial charge in [-0.3, -0.25) is 4.79 Å². The summed E-state index contributed by atoms with van der Waals surface area (Å²) in [7, 11) is 0. The summed E-state index contributed by atoms with van der Waals surface area (Å²) in [6.07, 6.45) is 0.243. The van der Waals surface area contributed by atoms with E-state index in [2.05, 4.69) is 17.5 Å². The number of amides is 1. The molecular weight excluding hydrogens is 154 g/mol. The SMILES string of the molecule is CCC(=O)ONC(=O)CS. The van der Waals surface area contributed by atoms with Gasteiger partial charge in [-0.15, -0.1) is 0 Å². The largest absolute Gasteiger partial charge is 0.341 e. The van der Waals surface area contributed by atoms with Crippen LogP contribution in [0.25, 0.3) is 0 Å². The predicted molar refractivity (Wildman–Crippen MR) is 38.4 cm³/mol. The van der Waals surface area contributed by atoms with Gasteiger partial charge in [-0.25, -0.2) is 4.79 Å². The highest BCUT2D eigenvalue weighted by atomic mass is 32.1.